The number of esters is 1. The number of para-hydroxylation sites is 2. The monoisotopic (exact) mass is 1590 g/mol. The van der Waals surface area contributed by atoms with Crippen molar-refractivity contribution in [3.8, 4) is 5.75 Å². The summed E-state index contributed by atoms with van der Waals surface area (Å²) in [5, 5.41) is 90.6. The van der Waals surface area contributed by atoms with Crippen molar-refractivity contribution in [1.29, 1.82) is 0 Å². The Hall–Kier alpha value is -12.3. The van der Waals surface area contributed by atoms with Gasteiger partial charge in [-0.1, -0.05) is 107 Å². The maximum atomic E-state index is 15.5. The number of aliphatic carboxylic acids is 4. The number of H-pyrrole nitrogens is 2. The Bertz CT molecular complexity index is 4420. The first-order valence-corrected chi connectivity index (χ1v) is 37.0. The maximum absolute atomic E-state index is 15.5. The van der Waals surface area contributed by atoms with Gasteiger partial charge in [-0.15, -0.1) is 0 Å². The largest absolute Gasteiger partial charge is 0.508 e. The maximum Gasteiger partial charge on any atom is 0.334 e. The Balaban J connectivity index is 1.34. The molecule has 37 nitrogen and oxygen atoms in total. The standard InChI is InChI=1S/C77H95N11O26/c1-38(2)14-8-6-4-5-7-9-19-58-68(114-58)57(93)30-45(37-89)71(106)87-64-39(3)113-77(112)42(26-43-34-79-49-17-12-10-15-47(43)49)29-55(91)51(24-25-60(95)96)82-76(111)66(67(103)69(78)104)86-59(94)36-81-72(107)54(33-63(101)102)85-75(110)65(40-20-22-46(90)23-21-40)88-70(105)41(31-61(97)98)28-56(92)52(32-62(99)100)83-73(108)53(84-74(64)109)27-44-35-80-50-18-13-11-16-48(44)50/h10-13,15-18,20-23,26,34-35,38-39,41,45,51-54,58,64-68,79-80,89-90,103H,4-9,14,19,24-25,27-33,36-37H2,1-3H3,(H2,78,104)(H,81,107)(H,82,111)(H,83,108)(H,84,109)(H,85,110)(H,86,94)(H,87,106)(H,88,105)(H,95,96)(H,97,98)(H,99,100)(H,101,102)/b42-26+/t39-,41+,45+,51-,52+,53-,54+,58-,64+,65-,66-,67-,68-/m1/s1. The number of amides is 9. The number of nitrogens with one attached hydrogen (secondary N) is 10. The van der Waals surface area contributed by atoms with Crippen molar-refractivity contribution >= 4 is 128 Å². The molecule has 0 spiro atoms. The van der Waals surface area contributed by atoms with Crippen LogP contribution in [-0.2, 0) is 97.4 Å². The van der Waals surface area contributed by atoms with Crippen molar-refractivity contribution in [1.82, 2.24) is 52.5 Å². The first kappa shape index (κ1) is 89.0. The number of carbonyl (C=O) groups excluding carboxylic acids is 13. The molecule has 2 aliphatic heterocycles. The molecule has 7 rings (SSSR count). The fraction of sp³-hybridized carbons (Fsp3) is 0.468. The van der Waals surface area contributed by atoms with E-state index in [9.17, 15) is 103 Å². The summed E-state index contributed by atoms with van der Waals surface area (Å²) in [4.78, 5) is 243. The molecular weight excluding hydrogens is 1490 g/mol. The molecule has 0 aliphatic carbocycles. The number of primary amides is 1. The lowest BCUT2D eigenvalue weighted by molar-refractivity contribution is -0.150. The number of epoxide rings is 1. The van der Waals surface area contributed by atoms with Gasteiger partial charge in [0.1, 0.15) is 48.2 Å². The van der Waals surface area contributed by atoms with Gasteiger partial charge in [0.25, 0.3) is 0 Å². The summed E-state index contributed by atoms with van der Waals surface area (Å²) in [6, 6.07) is 1.67. The van der Waals surface area contributed by atoms with Crippen LogP contribution in [0.4, 0.5) is 0 Å². The predicted octanol–water partition coefficient (Wildman–Crippen LogP) is 0.590. The number of carboxylic acid groups (broad SMARTS) is 4. The van der Waals surface area contributed by atoms with Crippen molar-refractivity contribution in [3.05, 3.63) is 107 Å². The number of nitrogens with two attached hydrogens (primary N) is 1. The van der Waals surface area contributed by atoms with Crippen LogP contribution in [0.5, 0.6) is 5.75 Å². The number of phenolic OH excluding ortho intramolecular Hbond substituents is 1. The SMILES string of the molecule is CC(C)CCCCCCCC[C@H]1O[C@@H]1C(=O)C[C@@H](CO)C(=O)N[C@@H]1C(=O)N[C@H](Cc2c[nH]c3ccccc23)C(=O)N[C@@H](CC(=O)O)C(=O)C[C@@H](CC(=O)O)C(=O)N[C@H](c2ccc(O)cc2)C(=O)N[C@@H](CC(=O)O)C(=O)NCC(=O)N[C@H]([C@@H](O)C(N)=O)C(=O)N[C@H](CCC(=O)O)C(=O)C/C(=C\c2c[nH]c3ccccc23)C(=O)O[C@@H]1C. The second kappa shape index (κ2) is 42.4. The predicted molar refractivity (Wildman–Crippen MR) is 400 cm³/mol. The van der Waals surface area contributed by atoms with Crippen LogP contribution < -0.4 is 48.3 Å². The molecular formula is C77H95N11O26. The van der Waals surface area contributed by atoms with Gasteiger partial charge in [0, 0.05) is 77.4 Å². The molecule has 2 fully saturated rings. The third-order valence-corrected chi connectivity index (χ3v) is 19.2. The van der Waals surface area contributed by atoms with Crippen molar-refractivity contribution in [3.63, 3.8) is 0 Å². The second-order valence-corrected chi connectivity index (χ2v) is 28.5. The van der Waals surface area contributed by atoms with Gasteiger partial charge in [-0.2, -0.15) is 0 Å². The molecule has 0 radical (unpaired) electrons. The zero-order valence-electron chi connectivity index (χ0n) is 62.6. The van der Waals surface area contributed by atoms with Gasteiger partial charge in [-0.25, -0.2) is 4.79 Å². The van der Waals surface area contributed by atoms with Crippen LogP contribution in [0.1, 0.15) is 146 Å². The highest BCUT2D eigenvalue weighted by Crippen LogP contribution is 2.32. The number of carboxylic acids is 4. The number of aliphatic hydroxyl groups is 2. The number of ketones is 3. The molecule has 3 aromatic carbocycles. The van der Waals surface area contributed by atoms with E-state index in [0.29, 0.717) is 34.1 Å². The minimum atomic E-state index is -2.70. The van der Waals surface area contributed by atoms with Gasteiger partial charge in [-0.05, 0) is 67.2 Å². The summed E-state index contributed by atoms with van der Waals surface area (Å²) >= 11 is 0. The molecule has 19 N–H and O–H groups in total. The molecule has 2 saturated heterocycles. The van der Waals surface area contributed by atoms with Gasteiger partial charge in [0.15, 0.2) is 23.5 Å². The molecule has 114 heavy (non-hydrogen) atoms. The van der Waals surface area contributed by atoms with Crippen molar-refractivity contribution in [2.24, 2.45) is 23.5 Å². The zero-order valence-corrected chi connectivity index (χ0v) is 62.6. The van der Waals surface area contributed by atoms with E-state index >= 15 is 14.4 Å². The number of unbranched alkanes of at least 4 members (excludes halogenated alkanes) is 5. The van der Waals surface area contributed by atoms with Crippen molar-refractivity contribution < 1.29 is 127 Å². The number of cyclic esters (lactones) is 1. The number of hydrogen-bond donors (Lipinski definition) is 18. The van der Waals surface area contributed by atoms with Gasteiger partial charge in [0.2, 0.25) is 53.2 Å². The Morgan fingerprint density at radius 3 is 1.86 bits per heavy atom. The molecule has 0 saturated carbocycles. The van der Waals surface area contributed by atoms with E-state index in [1.165, 1.54) is 12.4 Å². The average Bonchev–Trinajstić information content (AvgIpc) is 1.61. The molecule has 5 aromatic rings. The summed E-state index contributed by atoms with van der Waals surface area (Å²) in [5.41, 5.74) is 5.84. The molecule has 0 bridgehead atoms. The third-order valence-electron chi connectivity index (χ3n) is 19.2. The van der Waals surface area contributed by atoms with Gasteiger partial charge in [-0.3, -0.25) is 76.7 Å². The number of rotatable bonds is 30. The van der Waals surface area contributed by atoms with E-state index < -0.39 is 261 Å². The molecule has 2 aromatic heterocycles. The minimum Gasteiger partial charge on any atom is -0.508 e. The summed E-state index contributed by atoms with van der Waals surface area (Å²) in [6.45, 7) is 3.03. The number of aromatic amines is 2. The lowest BCUT2D eigenvalue weighted by atomic mass is 9.92. The lowest BCUT2D eigenvalue weighted by Crippen LogP contribution is -2.60. The lowest BCUT2D eigenvalue weighted by Gasteiger charge is -2.29. The number of fused-ring (bicyclic) bond motifs is 2. The Kier molecular flexibility index (Phi) is 33.1. The van der Waals surface area contributed by atoms with E-state index in [2.05, 4.69) is 55.7 Å². The smallest absolute Gasteiger partial charge is 0.334 e. The van der Waals surface area contributed by atoms with Gasteiger partial charge in [0.05, 0.1) is 62.4 Å². The van der Waals surface area contributed by atoms with Crippen LogP contribution in [-0.4, -0.2) is 220 Å². The summed E-state index contributed by atoms with van der Waals surface area (Å²) in [7, 11) is 0. The highest BCUT2D eigenvalue weighted by Gasteiger charge is 2.46. The van der Waals surface area contributed by atoms with Crippen LogP contribution in [0, 0.1) is 17.8 Å². The Labute approximate surface area is 651 Å². The van der Waals surface area contributed by atoms with E-state index in [4.69, 9.17) is 15.2 Å². The van der Waals surface area contributed by atoms with E-state index in [0.717, 1.165) is 82.2 Å². The van der Waals surface area contributed by atoms with Crippen molar-refractivity contribution in [2.75, 3.05) is 13.2 Å². The fourth-order valence-electron chi connectivity index (χ4n) is 12.9. The number of ether oxygens (including phenoxy) is 2. The molecule has 2 aliphatic rings. The van der Waals surface area contributed by atoms with Crippen LogP contribution in [0.3, 0.4) is 0 Å². The highest BCUT2D eigenvalue weighted by molar-refractivity contribution is 6.06. The fourth-order valence-corrected chi connectivity index (χ4v) is 12.9. The van der Waals surface area contributed by atoms with E-state index in [1.807, 2.05) is 10.6 Å². The molecule has 13 atom stereocenters. The highest BCUT2D eigenvalue weighted by atomic mass is 16.6. The van der Waals surface area contributed by atoms with E-state index in [-0.39, 0.29) is 16.7 Å². The summed E-state index contributed by atoms with van der Waals surface area (Å²) in [5.74, 6) is -28.4. The number of phenols is 1. The first-order chi connectivity index (χ1) is 54.1. The number of hydrogen-bond acceptors (Lipinski definition) is 22. The number of carbonyl (C=O) groups is 17. The Morgan fingerprint density at radius 1 is 0.623 bits per heavy atom. The third kappa shape index (κ3) is 26.7. The quantitative estimate of drug-likeness (QED) is 0.0129. The first-order valence-electron chi connectivity index (χ1n) is 37.0. The second-order valence-electron chi connectivity index (χ2n) is 28.5. The molecule has 37 heteroatoms. The summed E-state index contributed by atoms with van der Waals surface area (Å²) in [6.07, 6.45) is -4.09. The van der Waals surface area contributed by atoms with Crippen LogP contribution >= 0.6 is 0 Å². The van der Waals surface area contributed by atoms with Crippen LogP contribution in [0.25, 0.3) is 27.9 Å². The molecule has 4 heterocycles. The topological polar surface area (TPSA) is 607 Å². The summed E-state index contributed by atoms with van der Waals surface area (Å²) < 4.78 is 11.7. The number of aliphatic hydroxyl groups excluding tert-OH is 2. The minimum absolute atomic E-state index is 0.171. The molecule has 9 amide bonds. The normalized spacial score (nSPS) is 23.3. The van der Waals surface area contributed by atoms with Crippen LogP contribution in [0.15, 0.2) is 90.8 Å². The number of aromatic nitrogens is 2. The number of aromatic hydroxyl groups is 1. The van der Waals surface area contributed by atoms with Gasteiger partial charge >= 0.3 is 29.8 Å². The van der Waals surface area contributed by atoms with Gasteiger partial charge < -0.3 is 103 Å². The van der Waals surface area contributed by atoms with E-state index in [1.54, 1.807) is 48.5 Å². The zero-order chi connectivity index (χ0) is 83.6. The van der Waals surface area contributed by atoms with Crippen LogP contribution in [0.2, 0.25) is 0 Å². The van der Waals surface area contributed by atoms with Crippen molar-refractivity contribution in [2.45, 2.75) is 197 Å². The Morgan fingerprint density at radius 2 is 1.22 bits per heavy atom. The molecule has 0 unspecified atom stereocenters. The molecule has 614 valence electrons. The average molecular weight is 1590 g/mol. The number of benzene rings is 3. The number of Topliss-reactive ketones (excluding diaryl/α,β-unsaturated/α-hetero) is 3.